The minimum Gasteiger partial charge on any atom is -0.343 e. The molecular weight excluding hydrogens is 341 g/mol. The molecule has 1 heterocycles. The maximum Gasteiger partial charge on any atom is 0.417 e. The molecule has 1 fully saturated rings. The Kier molecular flexibility index (Phi) is 3.77. The van der Waals surface area contributed by atoms with Crippen molar-refractivity contribution in [1.82, 2.24) is 5.32 Å². The number of amides is 2. The van der Waals surface area contributed by atoms with Crippen molar-refractivity contribution in [3.05, 3.63) is 28.2 Å². The van der Waals surface area contributed by atoms with Crippen molar-refractivity contribution in [2.45, 2.75) is 19.1 Å². The summed E-state index contributed by atoms with van der Waals surface area (Å²) < 4.78 is 38.4. The second kappa shape index (κ2) is 5.08. The fourth-order valence-corrected chi connectivity index (χ4v) is 2.39. The van der Waals surface area contributed by atoms with Crippen molar-refractivity contribution in [3.63, 3.8) is 0 Å². The van der Waals surface area contributed by atoms with E-state index < -0.39 is 29.6 Å². The average Bonchev–Trinajstić information content (AvgIpc) is 2.33. The molecule has 0 bridgehead atoms. The van der Waals surface area contributed by atoms with Crippen molar-refractivity contribution < 1.29 is 22.8 Å². The Hall–Kier alpha value is -1.57. The van der Waals surface area contributed by atoms with E-state index in [1.54, 1.807) is 0 Å². The number of carbonyl (C=O) groups excluding carboxylic acids is 2. The van der Waals surface area contributed by atoms with Crippen molar-refractivity contribution in [3.8, 4) is 0 Å². The highest BCUT2D eigenvalue weighted by Gasteiger charge is 2.35. The highest BCUT2D eigenvalue weighted by molar-refractivity contribution is 9.10. The summed E-state index contributed by atoms with van der Waals surface area (Å²) in [5.41, 5.74) is -0.839. The van der Waals surface area contributed by atoms with Crippen LogP contribution in [0.3, 0.4) is 0 Å². The minimum absolute atomic E-state index is 0.0484. The smallest absolute Gasteiger partial charge is 0.343 e. The fraction of sp³-hybridized carbons (Fsp3) is 0.333. The lowest BCUT2D eigenvalue weighted by Gasteiger charge is -2.31. The molecule has 4 nitrogen and oxygen atoms in total. The van der Waals surface area contributed by atoms with Crippen LogP contribution in [0.4, 0.5) is 18.9 Å². The van der Waals surface area contributed by atoms with Crippen LogP contribution in [0.1, 0.15) is 12.5 Å². The third-order valence-corrected chi connectivity index (χ3v) is 3.57. The summed E-state index contributed by atoms with van der Waals surface area (Å²) in [6.45, 7) is 1.19. The standard InChI is InChI=1S/C12H10BrF3N2O2/c1-6-11(20)18(5-10(19)17-6)7-2-3-9(13)8(4-7)12(14,15)16/h2-4,6H,5H2,1H3,(H,17,19). The monoisotopic (exact) mass is 350 g/mol. The molecule has 1 aliphatic rings. The van der Waals surface area contributed by atoms with Gasteiger partial charge in [-0.1, -0.05) is 15.9 Å². The molecule has 8 heteroatoms. The third-order valence-electron chi connectivity index (χ3n) is 2.88. The van der Waals surface area contributed by atoms with Gasteiger partial charge in [-0.2, -0.15) is 13.2 Å². The number of nitrogens with one attached hydrogen (secondary N) is 1. The molecule has 1 N–H and O–H groups in total. The Morgan fingerprint density at radius 1 is 1.35 bits per heavy atom. The number of nitrogens with zero attached hydrogens (tertiary/aromatic N) is 1. The molecule has 1 aromatic rings. The van der Waals surface area contributed by atoms with E-state index in [9.17, 15) is 22.8 Å². The van der Waals surface area contributed by atoms with Crippen LogP contribution in [0.5, 0.6) is 0 Å². The molecular formula is C12H10BrF3N2O2. The van der Waals surface area contributed by atoms with E-state index in [2.05, 4.69) is 21.2 Å². The highest BCUT2D eigenvalue weighted by Crippen LogP contribution is 2.37. The molecule has 0 radical (unpaired) electrons. The van der Waals surface area contributed by atoms with Gasteiger partial charge in [-0.25, -0.2) is 0 Å². The summed E-state index contributed by atoms with van der Waals surface area (Å²) >= 11 is 2.83. The van der Waals surface area contributed by atoms with Crippen LogP contribution < -0.4 is 10.2 Å². The van der Waals surface area contributed by atoms with E-state index in [0.29, 0.717) is 0 Å². The number of rotatable bonds is 1. The molecule has 2 amide bonds. The van der Waals surface area contributed by atoms with E-state index in [4.69, 9.17) is 0 Å². The first kappa shape index (κ1) is 14.8. The SMILES string of the molecule is CC1NC(=O)CN(c2ccc(Br)c(C(F)(F)F)c2)C1=O. The van der Waals surface area contributed by atoms with Gasteiger partial charge in [0.2, 0.25) is 11.8 Å². The molecule has 108 valence electrons. The number of carbonyl (C=O) groups is 2. The van der Waals surface area contributed by atoms with Crippen molar-refractivity contribution in [2.75, 3.05) is 11.4 Å². The zero-order chi connectivity index (χ0) is 15.1. The van der Waals surface area contributed by atoms with E-state index >= 15 is 0 Å². The molecule has 1 atom stereocenters. The van der Waals surface area contributed by atoms with E-state index in [1.807, 2.05) is 0 Å². The van der Waals surface area contributed by atoms with Gasteiger partial charge in [0.25, 0.3) is 0 Å². The van der Waals surface area contributed by atoms with Crippen LogP contribution in [0.15, 0.2) is 22.7 Å². The van der Waals surface area contributed by atoms with Gasteiger partial charge in [0.1, 0.15) is 12.6 Å². The predicted molar refractivity (Wildman–Crippen MR) is 69.1 cm³/mol. The second-order valence-electron chi connectivity index (χ2n) is 4.38. The number of anilines is 1. The number of halogens is 4. The molecule has 1 unspecified atom stereocenters. The van der Waals surface area contributed by atoms with Crippen LogP contribution in [0, 0.1) is 0 Å². The third kappa shape index (κ3) is 2.79. The average molecular weight is 351 g/mol. The van der Waals surface area contributed by atoms with Gasteiger partial charge in [-0.3, -0.25) is 9.59 Å². The minimum atomic E-state index is -4.54. The molecule has 1 aliphatic heterocycles. The Morgan fingerprint density at radius 2 is 2.00 bits per heavy atom. The summed E-state index contributed by atoms with van der Waals surface area (Å²) in [5, 5.41) is 2.42. The normalized spacial score (nSPS) is 20.1. The summed E-state index contributed by atoms with van der Waals surface area (Å²) in [5.74, 6) is -0.853. The maximum atomic E-state index is 12.8. The number of hydrogen-bond donors (Lipinski definition) is 1. The van der Waals surface area contributed by atoms with Crippen LogP contribution in [0.25, 0.3) is 0 Å². The molecule has 0 saturated carbocycles. The first-order chi connectivity index (χ1) is 9.20. The summed E-state index contributed by atoms with van der Waals surface area (Å²) in [6, 6.07) is 2.67. The van der Waals surface area contributed by atoms with Gasteiger partial charge in [0.15, 0.2) is 0 Å². The Bertz CT molecular complexity index is 574. The second-order valence-corrected chi connectivity index (χ2v) is 5.23. The lowest BCUT2D eigenvalue weighted by molar-refractivity contribution is -0.138. The lowest BCUT2D eigenvalue weighted by atomic mass is 10.1. The molecule has 0 aliphatic carbocycles. The molecule has 20 heavy (non-hydrogen) atoms. The van der Waals surface area contributed by atoms with Gasteiger partial charge in [0, 0.05) is 10.2 Å². The highest BCUT2D eigenvalue weighted by atomic mass is 79.9. The Labute approximate surface area is 121 Å². The van der Waals surface area contributed by atoms with E-state index in [0.717, 1.165) is 11.0 Å². The fourth-order valence-electron chi connectivity index (χ4n) is 1.92. The number of benzene rings is 1. The Morgan fingerprint density at radius 3 is 2.60 bits per heavy atom. The summed E-state index contributed by atoms with van der Waals surface area (Å²) in [6.07, 6.45) is -4.54. The number of hydrogen-bond acceptors (Lipinski definition) is 2. The van der Waals surface area contributed by atoms with Crippen LogP contribution >= 0.6 is 15.9 Å². The van der Waals surface area contributed by atoms with Gasteiger partial charge in [0.05, 0.1) is 5.56 Å². The molecule has 0 aromatic heterocycles. The topological polar surface area (TPSA) is 49.4 Å². The zero-order valence-electron chi connectivity index (χ0n) is 10.3. The largest absolute Gasteiger partial charge is 0.417 e. The molecule has 1 saturated heterocycles. The molecule has 1 aromatic carbocycles. The van der Waals surface area contributed by atoms with Gasteiger partial charge in [-0.15, -0.1) is 0 Å². The van der Waals surface area contributed by atoms with Crippen molar-refractivity contribution in [2.24, 2.45) is 0 Å². The van der Waals surface area contributed by atoms with Crippen LogP contribution in [-0.2, 0) is 15.8 Å². The Balaban J connectivity index is 2.43. The van der Waals surface area contributed by atoms with E-state index in [-0.39, 0.29) is 16.7 Å². The maximum absolute atomic E-state index is 12.8. The van der Waals surface area contributed by atoms with Crippen LogP contribution in [0.2, 0.25) is 0 Å². The summed E-state index contributed by atoms with van der Waals surface area (Å²) in [4.78, 5) is 24.4. The molecule has 0 spiro atoms. The quantitative estimate of drug-likeness (QED) is 0.844. The first-order valence-electron chi connectivity index (χ1n) is 5.67. The number of alkyl halides is 3. The zero-order valence-corrected chi connectivity index (χ0v) is 11.9. The van der Waals surface area contributed by atoms with Crippen molar-refractivity contribution >= 4 is 33.4 Å². The van der Waals surface area contributed by atoms with Gasteiger partial charge >= 0.3 is 6.18 Å². The summed E-state index contributed by atoms with van der Waals surface area (Å²) in [7, 11) is 0. The molecule has 2 rings (SSSR count). The lowest BCUT2D eigenvalue weighted by Crippen LogP contribution is -2.57. The van der Waals surface area contributed by atoms with E-state index in [1.165, 1.54) is 19.1 Å². The van der Waals surface area contributed by atoms with Gasteiger partial charge < -0.3 is 10.2 Å². The number of piperazine rings is 1. The van der Waals surface area contributed by atoms with Crippen LogP contribution in [-0.4, -0.2) is 24.4 Å². The predicted octanol–water partition coefficient (Wildman–Crippen LogP) is 2.32. The van der Waals surface area contributed by atoms with Gasteiger partial charge in [-0.05, 0) is 25.1 Å². The van der Waals surface area contributed by atoms with Crippen molar-refractivity contribution in [1.29, 1.82) is 0 Å². The first-order valence-corrected chi connectivity index (χ1v) is 6.47.